The van der Waals surface area contributed by atoms with Gasteiger partial charge in [-0.15, -0.1) is 11.8 Å². The molecule has 0 unspecified atom stereocenters. The van der Waals surface area contributed by atoms with Gasteiger partial charge >= 0.3 is 5.69 Å². The molecule has 16 heavy (non-hydrogen) atoms. The van der Waals surface area contributed by atoms with Gasteiger partial charge in [-0.2, -0.15) is 4.98 Å². The Morgan fingerprint density at radius 2 is 2.38 bits per heavy atom. The van der Waals surface area contributed by atoms with Crippen LogP contribution in [0.15, 0.2) is 23.1 Å². The van der Waals surface area contributed by atoms with Gasteiger partial charge in [0.05, 0.1) is 6.61 Å². The number of aliphatic hydroxyl groups excluding tert-OH is 1. The minimum absolute atomic E-state index is 0.0166. The lowest BCUT2D eigenvalue weighted by atomic mass is 10.4. The Labute approximate surface area is 94.8 Å². The molecule has 2 atom stereocenters. The first-order valence-corrected chi connectivity index (χ1v) is 5.55. The van der Waals surface area contributed by atoms with Gasteiger partial charge in [0.1, 0.15) is 5.37 Å². The quantitative estimate of drug-likeness (QED) is 0.721. The summed E-state index contributed by atoms with van der Waals surface area (Å²) < 4.78 is 14.3. The number of rotatable bonds is 2. The van der Waals surface area contributed by atoms with Crippen LogP contribution in [0.2, 0.25) is 0 Å². The summed E-state index contributed by atoms with van der Waals surface area (Å²) in [5.41, 5.74) is 4.58. The third kappa shape index (κ3) is 1.96. The van der Waals surface area contributed by atoms with Crippen molar-refractivity contribution < 1.29 is 9.50 Å². The minimum atomic E-state index is -0.721. The van der Waals surface area contributed by atoms with Crippen molar-refractivity contribution >= 4 is 17.6 Å². The van der Waals surface area contributed by atoms with Gasteiger partial charge in [-0.1, -0.05) is 12.2 Å². The molecule has 0 radical (unpaired) electrons. The Hall–Kier alpha value is -1.34. The number of nitrogens with zero attached hydrogens (tertiary/aromatic N) is 2. The molecule has 0 spiro atoms. The van der Waals surface area contributed by atoms with Crippen LogP contribution in [-0.2, 0) is 0 Å². The lowest BCUT2D eigenvalue weighted by molar-refractivity contribution is 0.307. The maximum Gasteiger partial charge on any atom is 0.350 e. The van der Waals surface area contributed by atoms with Crippen molar-refractivity contribution in [2.24, 2.45) is 0 Å². The molecule has 2 rings (SSSR count). The zero-order valence-electron chi connectivity index (χ0n) is 8.21. The third-order valence-corrected chi connectivity index (χ3v) is 3.51. The molecule has 2 heterocycles. The Morgan fingerprint density at radius 3 is 3.00 bits per heavy atom. The lowest BCUT2D eigenvalue weighted by Crippen LogP contribution is -2.26. The molecule has 7 heteroatoms. The summed E-state index contributed by atoms with van der Waals surface area (Å²) in [6.07, 6.45) is 4.53. The monoisotopic (exact) mass is 243 g/mol. The minimum Gasteiger partial charge on any atom is -0.395 e. The van der Waals surface area contributed by atoms with Gasteiger partial charge in [0, 0.05) is 11.4 Å². The van der Waals surface area contributed by atoms with Crippen LogP contribution in [-0.4, -0.2) is 26.5 Å². The molecular weight excluding hydrogens is 233 g/mol. The van der Waals surface area contributed by atoms with Crippen LogP contribution >= 0.6 is 11.8 Å². The molecule has 0 aromatic carbocycles. The number of hydrogen-bond acceptors (Lipinski definition) is 5. The Balaban J connectivity index is 2.33. The van der Waals surface area contributed by atoms with Crippen molar-refractivity contribution in [1.29, 1.82) is 0 Å². The van der Waals surface area contributed by atoms with E-state index in [1.54, 1.807) is 12.2 Å². The van der Waals surface area contributed by atoms with Gasteiger partial charge < -0.3 is 10.8 Å². The molecule has 1 aliphatic heterocycles. The third-order valence-electron chi connectivity index (χ3n) is 2.19. The molecular formula is C9H10FN3O2S. The van der Waals surface area contributed by atoms with Crippen LogP contribution in [0, 0.1) is 5.82 Å². The summed E-state index contributed by atoms with van der Waals surface area (Å²) in [4.78, 5) is 14.8. The van der Waals surface area contributed by atoms with E-state index in [1.807, 2.05) is 0 Å². The van der Waals surface area contributed by atoms with Crippen LogP contribution in [0.25, 0.3) is 0 Å². The van der Waals surface area contributed by atoms with Crippen molar-refractivity contribution in [2.75, 3.05) is 12.3 Å². The highest BCUT2D eigenvalue weighted by molar-refractivity contribution is 8.00. The highest BCUT2D eigenvalue weighted by Crippen LogP contribution is 2.34. The first kappa shape index (κ1) is 11.2. The fraction of sp³-hybridized carbons (Fsp3) is 0.333. The standard InChI is InChI=1S/C9H10FN3O2S/c10-6-3-13(9(15)12-8(6)11)7-2-1-5(4-14)16-7/h1-3,5,7,14H,4H2,(H2,11,12,15)/t5-,7+/m0/s1. The summed E-state index contributed by atoms with van der Waals surface area (Å²) in [5, 5.41) is 8.52. The molecule has 5 nitrogen and oxygen atoms in total. The van der Waals surface area contributed by atoms with Gasteiger partial charge in [-0.3, -0.25) is 4.57 Å². The molecule has 86 valence electrons. The zero-order chi connectivity index (χ0) is 11.7. The first-order valence-electron chi connectivity index (χ1n) is 4.60. The maximum absolute atomic E-state index is 13.2. The second-order valence-corrected chi connectivity index (χ2v) is 4.66. The van der Waals surface area contributed by atoms with Gasteiger partial charge in [0.25, 0.3) is 0 Å². The topological polar surface area (TPSA) is 81.1 Å². The Bertz CT molecular complexity index is 488. The zero-order valence-corrected chi connectivity index (χ0v) is 9.02. The smallest absolute Gasteiger partial charge is 0.350 e. The van der Waals surface area contributed by atoms with Gasteiger partial charge in [-0.25, -0.2) is 9.18 Å². The van der Waals surface area contributed by atoms with Crippen LogP contribution in [0.1, 0.15) is 5.37 Å². The number of aromatic nitrogens is 2. The number of nitrogen functional groups attached to an aromatic ring is 1. The summed E-state index contributed by atoms with van der Waals surface area (Å²) in [6.45, 7) is -0.0166. The fourth-order valence-corrected chi connectivity index (χ4v) is 2.48. The molecule has 1 aromatic rings. The lowest BCUT2D eigenvalue weighted by Gasteiger charge is -2.13. The van der Waals surface area contributed by atoms with Gasteiger partial charge in [0.15, 0.2) is 11.6 Å². The Morgan fingerprint density at radius 1 is 1.62 bits per heavy atom. The van der Waals surface area contributed by atoms with Gasteiger partial charge in [0.2, 0.25) is 0 Å². The van der Waals surface area contributed by atoms with Crippen molar-refractivity contribution in [3.8, 4) is 0 Å². The number of anilines is 1. The van der Waals surface area contributed by atoms with E-state index in [-0.39, 0.29) is 17.2 Å². The van der Waals surface area contributed by atoms with Crippen LogP contribution in [0.3, 0.4) is 0 Å². The second kappa shape index (κ2) is 4.26. The number of thioether (sulfide) groups is 1. The fourth-order valence-electron chi connectivity index (χ4n) is 1.39. The average Bonchev–Trinajstić information content (AvgIpc) is 2.71. The van der Waals surface area contributed by atoms with E-state index in [2.05, 4.69) is 4.98 Å². The average molecular weight is 243 g/mol. The largest absolute Gasteiger partial charge is 0.395 e. The molecule has 1 aromatic heterocycles. The first-order chi connectivity index (χ1) is 7.61. The molecule has 1 aliphatic rings. The van der Waals surface area contributed by atoms with E-state index < -0.39 is 17.3 Å². The van der Waals surface area contributed by atoms with Crippen molar-refractivity contribution in [3.05, 3.63) is 34.7 Å². The highest BCUT2D eigenvalue weighted by Gasteiger charge is 2.22. The van der Waals surface area contributed by atoms with Crippen LogP contribution < -0.4 is 11.4 Å². The maximum atomic E-state index is 13.2. The SMILES string of the molecule is Nc1nc(=O)n([C@H]2C=C[C@@H](CO)S2)cc1F. The van der Waals surface area contributed by atoms with Crippen molar-refractivity contribution in [1.82, 2.24) is 9.55 Å². The molecule has 0 amide bonds. The van der Waals surface area contributed by atoms with Crippen molar-refractivity contribution in [2.45, 2.75) is 10.6 Å². The molecule has 3 N–H and O–H groups in total. The second-order valence-electron chi connectivity index (χ2n) is 3.30. The summed E-state index contributed by atoms with van der Waals surface area (Å²) in [6, 6.07) is 0. The number of hydrogen-bond donors (Lipinski definition) is 2. The predicted molar refractivity (Wildman–Crippen MR) is 59.5 cm³/mol. The summed E-state index contributed by atoms with van der Waals surface area (Å²) >= 11 is 1.35. The van der Waals surface area contributed by atoms with E-state index in [9.17, 15) is 9.18 Å². The van der Waals surface area contributed by atoms with E-state index in [1.165, 1.54) is 11.8 Å². The van der Waals surface area contributed by atoms with Crippen LogP contribution in [0.4, 0.5) is 10.2 Å². The summed E-state index contributed by atoms with van der Waals surface area (Å²) in [5.74, 6) is -1.12. The Kier molecular flexibility index (Phi) is 2.97. The normalized spacial score (nSPS) is 23.9. The number of nitrogens with two attached hydrogens (primary N) is 1. The number of halogens is 1. The number of aliphatic hydroxyl groups is 1. The van der Waals surface area contributed by atoms with Gasteiger partial charge in [-0.05, 0) is 0 Å². The molecule has 0 bridgehead atoms. The predicted octanol–water partition coefficient (Wildman–Crippen LogP) is 0.127. The molecule has 0 saturated heterocycles. The van der Waals surface area contributed by atoms with Crippen LogP contribution in [0.5, 0.6) is 0 Å². The summed E-state index contributed by atoms with van der Waals surface area (Å²) in [7, 11) is 0. The van der Waals surface area contributed by atoms with E-state index in [4.69, 9.17) is 10.8 Å². The van der Waals surface area contributed by atoms with E-state index >= 15 is 0 Å². The van der Waals surface area contributed by atoms with E-state index in [0.717, 1.165) is 10.8 Å². The molecule has 0 fully saturated rings. The molecule has 0 saturated carbocycles. The van der Waals surface area contributed by atoms with Crippen molar-refractivity contribution in [3.63, 3.8) is 0 Å². The molecule has 0 aliphatic carbocycles. The highest BCUT2D eigenvalue weighted by atomic mass is 32.2. The van der Waals surface area contributed by atoms with E-state index in [0.29, 0.717) is 0 Å².